The number of benzene rings is 2. The third-order valence-corrected chi connectivity index (χ3v) is 4.52. The molecule has 0 fully saturated rings. The van der Waals surface area contributed by atoms with E-state index >= 15 is 0 Å². The smallest absolute Gasteiger partial charge is 0.204 e. The summed E-state index contributed by atoms with van der Waals surface area (Å²) in [6.07, 6.45) is 6.88. The average molecular weight is 386 g/mol. The van der Waals surface area contributed by atoms with E-state index in [0.717, 1.165) is 15.8 Å². The van der Waals surface area contributed by atoms with Gasteiger partial charge in [0.15, 0.2) is 11.5 Å². The van der Waals surface area contributed by atoms with Crippen molar-refractivity contribution < 1.29 is 9.47 Å². The number of hydrogen-bond donors (Lipinski definition) is 1. The summed E-state index contributed by atoms with van der Waals surface area (Å²) in [6, 6.07) is 11.4. The lowest BCUT2D eigenvalue weighted by Crippen LogP contribution is -2.01. The number of nitrogens with zero attached hydrogens (tertiary/aromatic N) is 2. The molecule has 0 amide bonds. The predicted octanol–water partition coefficient (Wildman–Crippen LogP) is 4.81. The minimum absolute atomic E-state index is 0.117. The molecule has 0 aliphatic carbocycles. The highest BCUT2D eigenvalue weighted by molar-refractivity contribution is 7.22. The molecular formula is C19H16ClN3O2S. The van der Waals surface area contributed by atoms with Crippen molar-refractivity contribution >= 4 is 44.5 Å². The van der Waals surface area contributed by atoms with Gasteiger partial charge in [-0.05, 0) is 36.8 Å². The third-order valence-electron chi connectivity index (χ3n) is 3.30. The summed E-state index contributed by atoms with van der Waals surface area (Å²) in [4.78, 5) is 4.46. The van der Waals surface area contributed by atoms with Crippen LogP contribution in [-0.4, -0.2) is 24.4 Å². The summed E-state index contributed by atoms with van der Waals surface area (Å²) in [5.74, 6) is 3.37. The van der Waals surface area contributed by atoms with Crippen molar-refractivity contribution in [3.63, 3.8) is 0 Å². The third kappa shape index (κ3) is 4.26. The minimum atomic E-state index is 0.117. The minimum Gasteiger partial charge on any atom is -0.490 e. The Morgan fingerprint density at radius 1 is 1.35 bits per heavy atom. The maximum Gasteiger partial charge on any atom is 0.204 e. The molecule has 1 heterocycles. The van der Waals surface area contributed by atoms with Crippen LogP contribution in [0.15, 0.2) is 41.5 Å². The van der Waals surface area contributed by atoms with Gasteiger partial charge >= 0.3 is 0 Å². The number of ether oxygens (including phenoxy) is 2. The monoisotopic (exact) mass is 385 g/mol. The van der Waals surface area contributed by atoms with Gasteiger partial charge in [0.05, 0.1) is 28.1 Å². The first-order chi connectivity index (χ1) is 12.7. The standard InChI is InChI=1S/C19H16ClN3O2S/c1-3-9-25-18-14(20)10-13(11-16(18)24-4-2)12-21-23-19-22-15-7-5-6-8-17(15)26-19/h1,5-8,10-12H,4,9H2,2H3,(H,22,23)/b21-12+. The summed E-state index contributed by atoms with van der Waals surface area (Å²) in [5, 5.41) is 5.35. The number of rotatable bonds is 7. The summed E-state index contributed by atoms with van der Waals surface area (Å²) < 4.78 is 12.2. The van der Waals surface area contributed by atoms with Crippen LogP contribution in [0, 0.1) is 12.3 Å². The number of para-hydroxylation sites is 1. The molecule has 7 heteroatoms. The van der Waals surface area contributed by atoms with E-state index in [1.54, 1.807) is 18.3 Å². The zero-order valence-electron chi connectivity index (χ0n) is 14.0. The Hall–Kier alpha value is -2.75. The highest BCUT2D eigenvalue weighted by atomic mass is 35.5. The molecular weight excluding hydrogens is 370 g/mol. The quantitative estimate of drug-likeness (QED) is 0.360. The van der Waals surface area contributed by atoms with E-state index in [0.29, 0.717) is 28.3 Å². The van der Waals surface area contributed by atoms with Crippen molar-refractivity contribution in [3.05, 3.63) is 47.0 Å². The van der Waals surface area contributed by atoms with Gasteiger partial charge in [0.2, 0.25) is 5.13 Å². The number of aromatic nitrogens is 1. The molecule has 5 nitrogen and oxygen atoms in total. The Balaban J connectivity index is 1.77. The van der Waals surface area contributed by atoms with Crippen molar-refractivity contribution in [2.75, 3.05) is 18.6 Å². The van der Waals surface area contributed by atoms with Crippen LogP contribution in [0.1, 0.15) is 12.5 Å². The molecule has 0 radical (unpaired) electrons. The lowest BCUT2D eigenvalue weighted by atomic mass is 10.2. The van der Waals surface area contributed by atoms with Crippen LogP contribution in [0.25, 0.3) is 10.2 Å². The Morgan fingerprint density at radius 3 is 2.96 bits per heavy atom. The van der Waals surface area contributed by atoms with Crippen molar-refractivity contribution in [1.82, 2.24) is 4.98 Å². The molecule has 0 aliphatic heterocycles. The van der Waals surface area contributed by atoms with E-state index in [-0.39, 0.29) is 6.61 Å². The van der Waals surface area contributed by atoms with Crippen LogP contribution in [0.3, 0.4) is 0 Å². The van der Waals surface area contributed by atoms with Crippen molar-refractivity contribution in [3.8, 4) is 23.8 Å². The molecule has 3 rings (SSSR count). The van der Waals surface area contributed by atoms with E-state index in [9.17, 15) is 0 Å². The molecule has 0 saturated carbocycles. The van der Waals surface area contributed by atoms with Gasteiger partial charge in [-0.3, -0.25) is 5.43 Å². The largest absolute Gasteiger partial charge is 0.490 e. The number of halogens is 1. The molecule has 3 aromatic rings. The lowest BCUT2D eigenvalue weighted by Gasteiger charge is -2.12. The molecule has 132 valence electrons. The van der Waals surface area contributed by atoms with Crippen LogP contribution in [0.5, 0.6) is 11.5 Å². The van der Waals surface area contributed by atoms with Crippen molar-refractivity contribution in [1.29, 1.82) is 0 Å². The van der Waals surface area contributed by atoms with Gasteiger partial charge in [0, 0.05) is 0 Å². The Bertz CT molecular complexity index is 946. The highest BCUT2D eigenvalue weighted by Gasteiger charge is 2.12. The molecule has 26 heavy (non-hydrogen) atoms. The fourth-order valence-corrected chi connectivity index (χ4v) is 3.35. The van der Waals surface area contributed by atoms with Gasteiger partial charge in [-0.2, -0.15) is 5.10 Å². The highest BCUT2D eigenvalue weighted by Crippen LogP contribution is 2.36. The van der Waals surface area contributed by atoms with E-state index in [4.69, 9.17) is 27.5 Å². The maximum atomic E-state index is 6.29. The topological polar surface area (TPSA) is 55.7 Å². The second-order valence-electron chi connectivity index (χ2n) is 5.11. The van der Waals surface area contributed by atoms with E-state index < -0.39 is 0 Å². The zero-order valence-corrected chi connectivity index (χ0v) is 15.6. The normalized spacial score (nSPS) is 10.8. The van der Waals surface area contributed by atoms with Gasteiger partial charge in [0.25, 0.3) is 0 Å². The SMILES string of the molecule is C#CCOc1c(Cl)cc(/C=N/Nc2nc3ccccc3s2)cc1OCC. The molecule has 0 spiro atoms. The number of fused-ring (bicyclic) bond motifs is 1. The first-order valence-corrected chi connectivity index (χ1v) is 9.08. The number of terminal acetylenes is 1. The molecule has 1 aromatic heterocycles. The molecule has 2 aromatic carbocycles. The first kappa shape index (κ1) is 18.1. The zero-order chi connectivity index (χ0) is 18.4. The number of hydrogen-bond acceptors (Lipinski definition) is 6. The number of hydrazone groups is 1. The molecule has 0 bridgehead atoms. The van der Waals surface area contributed by atoms with E-state index in [1.165, 1.54) is 11.3 Å². The van der Waals surface area contributed by atoms with Crippen LogP contribution >= 0.6 is 22.9 Å². The van der Waals surface area contributed by atoms with Gasteiger partial charge in [-0.15, -0.1) is 6.42 Å². The average Bonchev–Trinajstić information content (AvgIpc) is 3.04. The second-order valence-corrected chi connectivity index (χ2v) is 6.55. The lowest BCUT2D eigenvalue weighted by molar-refractivity contribution is 0.299. The maximum absolute atomic E-state index is 6.29. The van der Waals surface area contributed by atoms with Crippen LogP contribution < -0.4 is 14.9 Å². The fraction of sp³-hybridized carbons (Fsp3) is 0.158. The van der Waals surface area contributed by atoms with Crippen LogP contribution in [-0.2, 0) is 0 Å². The summed E-state index contributed by atoms with van der Waals surface area (Å²) in [7, 11) is 0. The van der Waals surface area contributed by atoms with Gasteiger partial charge < -0.3 is 9.47 Å². The van der Waals surface area contributed by atoms with Crippen LogP contribution in [0.2, 0.25) is 5.02 Å². The van der Waals surface area contributed by atoms with Gasteiger partial charge in [-0.25, -0.2) is 4.98 Å². The summed E-state index contributed by atoms with van der Waals surface area (Å²) >= 11 is 7.82. The molecule has 0 unspecified atom stereocenters. The number of anilines is 1. The Labute approximate surface area is 160 Å². The van der Waals surface area contributed by atoms with Gasteiger partial charge in [0.1, 0.15) is 6.61 Å². The number of thiazole rings is 1. The molecule has 0 saturated heterocycles. The van der Waals surface area contributed by atoms with Crippen molar-refractivity contribution in [2.45, 2.75) is 6.92 Å². The first-order valence-electron chi connectivity index (χ1n) is 7.88. The number of nitrogens with one attached hydrogen (secondary N) is 1. The molecule has 1 N–H and O–H groups in total. The summed E-state index contributed by atoms with van der Waals surface area (Å²) in [6.45, 7) is 2.48. The predicted molar refractivity (Wildman–Crippen MR) is 108 cm³/mol. The van der Waals surface area contributed by atoms with E-state index in [2.05, 4.69) is 21.4 Å². The Kier molecular flexibility index (Phi) is 5.95. The van der Waals surface area contributed by atoms with Crippen LogP contribution in [0.4, 0.5) is 5.13 Å². The van der Waals surface area contributed by atoms with E-state index in [1.807, 2.05) is 31.2 Å². The summed E-state index contributed by atoms with van der Waals surface area (Å²) in [5.41, 5.74) is 4.64. The second kappa shape index (κ2) is 8.56. The Morgan fingerprint density at radius 2 is 2.19 bits per heavy atom. The molecule has 0 aliphatic rings. The van der Waals surface area contributed by atoms with Crippen molar-refractivity contribution in [2.24, 2.45) is 5.10 Å². The fourth-order valence-electron chi connectivity index (χ4n) is 2.26. The van der Waals surface area contributed by atoms with Gasteiger partial charge in [-0.1, -0.05) is 41.0 Å². The molecule has 0 atom stereocenters.